The Bertz CT molecular complexity index is 879. The Balaban J connectivity index is 1.82. The summed E-state index contributed by atoms with van der Waals surface area (Å²) < 4.78 is 22.4. The molecule has 1 amide bonds. The lowest BCUT2D eigenvalue weighted by Gasteiger charge is -2.17. The van der Waals surface area contributed by atoms with E-state index in [1.54, 1.807) is 18.2 Å². The number of amides is 1. The highest BCUT2D eigenvalue weighted by Crippen LogP contribution is 2.33. The summed E-state index contributed by atoms with van der Waals surface area (Å²) in [5, 5.41) is 18.5. The van der Waals surface area contributed by atoms with E-state index in [4.69, 9.17) is 16.7 Å². The molecular weight excluding hydrogens is 360 g/mol. The predicted octanol–water partition coefficient (Wildman–Crippen LogP) is 1.44. The lowest BCUT2D eigenvalue weighted by Crippen LogP contribution is -2.33. The van der Waals surface area contributed by atoms with Crippen LogP contribution in [0.5, 0.6) is 0 Å². The quantitative estimate of drug-likeness (QED) is 0.757. The molecule has 1 aromatic heterocycles. The molecule has 122 valence electrons. The number of halogens is 1. The smallest absolute Gasteiger partial charge is 0.261 e. The Morgan fingerprint density at radius 3 is 2.74 bits per heavy atom. The summed E-state index contributed by atoms with van der Waals surface area (Å²) in [6.45, 7) is 0. The first-order valence-electron chi connectivity index (χ1n) is 6.65. The number of nitrogens with one attached hydrogen (secondary N) is 1. The minimum Gasteiger partial charge on any atom is -0.390 e. The van der Waals surface area contributed by atoms with E-state index in [-0.39, 0.29) is 9.09 Å². The van der Waals surface area contributed by atoms with Crippen molar-refractivity contribution >= 4 is 38.9 Å². The van der Waals surface area contributed by atoms with Gasteiger partial charge in [0.15, 0.2) is 0 Å². The Morgan fingerprint density at radius 2 is 2.09 bits per heavy atom. The van der Waals surface area contributed by atoms with E-state index in [9.17, 15) is 18.3 Å². The average Bonchev–Trinajstić information content (AvgIpc) is 3.04. The molecule has 0 saturated heterocycles. The Morgan fingerprint density at radius 1 is 1.35 bits per heavy atom. The van der Waals surface area contributed by atoms with Crippen LogP contribution in [-0.2, 0) is 16.4 Å². The molecule has 2 aromatic rings. The van der Waals surface area contributed by atoms with Crippen LogP contribution in [0, 0.1) is 0 Å². The molecule has 0 radical (unpaired) electrons. The summed E-state index contributed by atoms with van der Waals surface area (Å²) in [4.78, 5) is 12.5. The van der Waals surface area contributed by atoms with Crippen molar-refractivity contribution in [1.29, 1.82) is 0 Å². The van der Waals surface area contributed by atoms with Gasteiger partial charge in [0, 0.05) is 11.4 Å². The van der Waals surface area contributed by atoms with Crippen molar-refractivity contribution in [3.05, 3.63) is 51.4 Å². The van der Waals surface area contributed by atoms with Crippen molar-refractivity contribution in [3.63, 3.8) is 0 Å². The fraction of sp³-hybridized carbons (Fsp3) is 0.214. The molecule has 1 aliphatic carbocycles. The maximum atomic E-state index is 12.3. The molecule has 0 spiro atoms. The van der Waals surface area contributed by atoms with Gasteiger partial charge in [-0.15, -0.1) is 11.3 Å². The van der Waals surface area contributed by atoms with Gasteiger partial charge in [-0.25, -0.2) is 13.6 Å². The molecule has 23 heavy (non-hydrogen) atoms. The number of primary sulfonamides is 1. The highest BCUT2D eigenvalue weighted by molar-refractivity contribution is 7.91. The van der Waals surface area contributed by atoms with Gasteiger partial charge >= 0.3 is 0 Å². The number of hydrogen-bond acceptors (Lipinski definition) is 5. The first-order chi connectivity index (χ1) is 10.8. The average molecular weight is 373 g/mol. The molecule has 0 saturated carbocycles. The van der Waals surface area contributed by atoms with Crippen molar-refractivity contribution in [1.82, 2.24) is 5.32 Å². The molecular formula is C14H13ClN2O4S2. The fourth-order valence-electron chi connectivity index (χ4n) is 2.59. The van der Waals surface area contributed by atoms with Crippen LogP contribution in [-0.4, -0.2) is 25.5 Å². The van der Waals surface area contributed by atoms with Crippen molar-refractivity contribution in [2.24, 2.45) is 5.14 Å². The van der Waals surface area contributed by atoms with Crippen molar-refractivity contribution in [2.75, 3.05) is 0 Å². The van der Waals surface area contributed by atoms with Crippen LogP contribution in [0.2, 0.25) is 5.02 Å². The highest BCUT2D eigenvalue weighted by atomic mass is 35.5. The zero-order valence-electron chi connectivity index (χ0n) is 11.7. The number of nitrogens with two attached hydrogens (primary N) is 1. The SMILES string of the molecule is NS(=O)(=O)c1ccc(C(=O)N[C@@H]2c3ccc(Cl)cc3C[C@@H]2O)s1. The minimum absolute atomic E-state index is 0.0817. The number of carbonyl (C=O) groups is 1. The number of thiophene rings is 1. The number of aliphatic hydroxyl groups excluding tert-OH is 1. The molecule has 0 bridgehead atoms. The van der Waals surface area contributed by atoms with E-state index in [2.05, 4.69) is 5.32 Å². The molecule has 4 N–H and O–H groups in total. The van der Waals surface area contributed by atoms with E-state index < -0.39 is 28.1 Å². The summed E-state index contributed by atoms with van der Waals surface area (Å²) in [6, 6.07) is 7.34. The monoisotopic (exact) mass is 372 g/mol. The second-order valence-corrected chi connectivity index (χ2v) is 8.54. The third-order valence-electron chi connectivity index (χ3n) is 3.63. The second kappa shape index (κ2) is 5.88. The van der Waals surface area contributed by atoms with Gasteiger partial charge in [0.1, 0.15) is 4.21 Å². The molecule has 1 aliphatic rings. The normalized spacial score (nSPS) is 20.3. The van der Waals surface area contributed by atoms with E-state index in [0.29, 0.717) is 11.4 Å². The third-order valence-corrected chi connectivity index (χ3v) is 6.38. The molecule has 0 unspecified atom stereocenters. The van der Waals surface area contributed by atoms with E-state index in [1.165, 1.54) is 12.1 Å². The van der Waals surface area contributed by atoms with E-state index in [1.807, 2.05) is 0 Å². The Hall–Kier alpha value is -1.45. The molecule has 0 aliphatic heterocycles. The number of fused-ring (bicyclic) bond motifs is 1. The molecule has 6 nitrogen and oxygen atoms in total. The van der Waals surface area contributed by atoms with Gasteiger partial charge in [0.25, 0.3) is 5.91 Å². The summed E-state index contributed by atoms with van der Waals surface area (Å²) in [6.07, 6.45) is -0.363. The van der Waals surface area contributed by atoms with Crippen LogP contribution in [0.25, 0.3) is 0 Å². The van der Waals surface area contributed by atoms with Gasteiger partial charge in [-0.3, -0.25) is 4.79 Å². The minimum atomic E-state index is -3.83. The van der Waals surface area contributed by atoms with Gasteiger partial charge in [-0.2, -0.15) is 0 Å². The standard InChI is InChI=1S/C14H13ClN2O4S2/c15-8-1-2-9-7(5-8)6-10(18)13(9)17-14(19)11-3-4-12(22-11)23(16,20)21/h1-5,10,13,18H,6H2,(H,17,19)(H2,16,20,21)/t10-,13+/m0/s1. The summed E-state index contributed by atoms with van der Waals surface area (Å²) >= 11 is 6.72. The largest absolute Gasteiger partial charge is 0.390 e. The van der Waals surface area contributed by atoms with Gasteiger partial charge < -0.3 is 10.4 Å². The number of hydrogen-bond donors (Lipinski definition) is 3. The van der Waals surface area contributed by atoms with E-state index >= 15 is 0 Å². The number of benzene rings is 1. The van der Waals surface area contributed by atoms with Crippen LogP contribution < -0.4 is 10.5 Å². The van der Waals surface area contributed by atoms with E-state index in [0.717, 1.165) is 22.5 Å². The summed E-state index contributed by atoms with van der Waals surface area (Å²) in [5.41, 5.74) is 1.69. The van der Waals surface area contributed by atoms with Gasteiger partial charge in [0.2, 0.25) is 10.0 Å². The molecule has 2 atom stereocenters. The summed E-state index contributed by atoms with van der Waals surface area (Å²) in [7, 11) is -3.83. The predicted molar refractivity (Wildman–Crippen MR) is 87.1 cm³/mol. The third kappa shape index (κ3) is 3.26. The molecule has 0 fully saturated rings. The van der Waals surface area contributed by atoms with Crippen LogP contribution >= 0.6 is 22.9 Å². The van der Waals surface area contributed by atoms with Gasteiger partial charge in [0.05, 0.1) is 17.0 Å². The number of rotatable bonds is 3. The first-order valence-corrected chi connectivity index (χ1v) is 9.39. The van der Waals surface area contributed by atoms with Crippen molar-refractivity contribution < 1.29 is 18.3 Å². The maximum Gasteiger partial charge on any atom is 0.261 e. The number of aliphatic hydroxyl groups is 1. The van der Waals surface area contributed by atoms with Crippen LogP contribution in [0.4, 0.5) is 0 Å². The Kier molecular flexibility index (Phi) is 4.19. The molecule has 1 aromatic carbocycles. The zero-order chi connectivity index (χ0) is 16.8. The zero-order valence-corrected chi connectivity index (χ0v) is 14.1. The first kappa shape index (κ1) is 16.4. The number of carbonyl (C=O) groups excluding carboxylic acids is 1. The maximum absolute atomic E-state index is 12.3. The Labute approximate surface area is 141 Å². The van der Waals surface area contributed by atoms with Crippen molar-refractivity contribution in [3.8, 4) is 0 Å². The highest BCUT2D eigenvalue weighted by Gasteiger charge is 2.32. The fourth-order valence-corrected chi connectivity index (χ4v) is 4.41. The molecule has 3 rings (SSSR count). The van der Waals surface area contributed by atoms with Crippen LogP contribution in [0.3, 0.4) is 0 Å². The van der Waals surface area contributed by atoms with Crippen molar-refractivity contribution in [2.45, 2.75) is 22.8 Å². The summed E-state index contributed by atoms with van der Waals surface area (Å²) in [5.74, 6) is -0.461. The number of sulfonamides is 1. The lowest BCUT2D eigenvalue weighted by atomic mass is 10.1. The second-order valence-electron chi connectivity index (χ2n) is 5.23. The molecule has 9 heteroatoms. The molecule has 1 heterocycles. The van der Waals surface area contributed by atoms with Crippen LogP contribution in [0.1, 0.15) is 26.8 Å². The van der Waals surface area contributed by atoms with Gasteiger partial charge in [-0.05, 0) is 35.4 Å². The topological polar surface area (TPSA) is 109 Å². The van der Waals surface area contributed by atoms with Gasteiger partial charge in [-0.1, -0.05) is 17.7 Å². The lowest BCUT2D eigenvalue weighted by molar-refractivity contribution is 0.0862. The van der Waals surface area contributed by atoms with Crippen LogP contribution in [0.15, 0.2) is 34.5 Å².